The second-order valence-electron chi connectivity index (χ2n) is 7.88. The Morgan fingerprint density at radius 1 is 1.15 bits per heavy atom. The summed E-state index contributed by atoms with van der Waals surface area (Å²) in [5.74, 6) is 1.39. The number of rotatable bonds is 5. The monoisotopic (exact) mass is 281 g/mol. The number of likely N-dealkylation sites (tertiary alicyclic amines) is 1. The number of hydrogen-bond acceptors (Lipinski definition) is 2. The molecule has 2 aliphatic carbocycles. The summed E-state index contributed by atoms with van der Waals surface area (Å²) in [4.78, 5) is 0. The molecule has 1 heterocycles. The molecule has 0 amide bonds. The zero-order chi connectivity index (χ0) is 14.2. The van der Waals surface area contributed by atoms with Crippen LogP contribution in [0.25, 0.3) is 0 Å². The minimum atomic E-state index is -0.139. The molecule has 0 aromatic rings. The fourth-order valence-electron chi connectivity index (χ4n) is 5.02. The highest BCUT2D eigenvalue weighted by atomic mass is 16.3. The number of nitrogens with zero attached hydrogens (tertiary/aromatic N) is 1. The molecular weight excluding hydrogens is 248 g/mol. The molecule has 20 heavy (non-hydrogen) atoms. The van der Waals surface area contributed by atoms with Crippen molar-refractivity contribution in [2.45, 2.75) is 76.5 Å². The Hall–Kier alpha value is -0.120. The summed E-state index contributed by atoms with van der Waals surface area (Å²) in [6.07, 6.45) is 10.3. The molecule has 3 rings (SSSR count). The number of aliphatic hydroxyl groups is 1. The summed E-state index contributed by atoms with van der Waals surface area (Å²) in [6.45, 7) is 5.83. The summed E-state index contributed by atoms with van der Waals surface area (Å²) < 4.78 is 1.26. The van der Waals surface area contributed by atoms with Crippen molar-refractivity contribution in [1.29, 1.82) is 0 Å². The first-order chi connectivity index (χ1) is 9.63. The molecule has 0 aromatic heterocycles. The van der Waals surface area contributed by atoms with E-state index >= 15 is 0 Å². The Labute approximate surface area is 124 Å². The maximum atomic E-state index is 10.4. The molecule has 3 N–H and O–H groups in total. The van der Waals surface area contributed by atoms with Gasteiger partial charge in [-0.3, -0.25) is 0 Å². The van der Waals surface area contributed by atoms with E-state index in [0.717, 1.165) is 24.8 Å². The molecule has 0 radical (unpaired) electrons. The quantitative estimate of drug-likeness (QED) is 0.759. The molecule has 1 saturated heterocycles. The van der Waals surface area contributed by atoms with Crippen LogP contribution in [0, 0.1) is 11.8 Å². The average Bonchev–Trinajstić information content (AvgIpc) is 3.06. The van der Waals surface area contributed by atoms with Gasteiger partial charge in [0, 0.05) is 11.8 Å². The van der Waals surface area contributed by atoms with Gasteiger partial charge < -0.3 is 15.3 Å². The van der Waals surface area contributed by atoms with E-state index in [1.165, 1.54) is 62.6 Å². The van der Waals surface area contributed by atoms with Crippen LogP contribution < -0.4 is 5.73 Å². The third kappa shape index (κ3) is 3.05. The molecular formula is C17H33N2O+. The van der Waals surface area contributed by atoms with Crippen LogP contribution in [0.15, 0.2) is 0 Å². The summed E-state index contributed by atoms with van der Waals surface area (Å²) in [5, 5.41) is 10.4. The zero-order valence-electron chi connectivity index (χ0n) is 13.1. The third-order valence-electron chi connectivity index (χ3n) is 6.18. The SMILES string of the molecule is CCC(O)C1CC(N)C[N+](CC2CC2)(C2CCCC2)C1. The van der Waals surface area contributed by atoms with Crippen LogP contribution in [0.3, 0.4) is 0 Å². The van der Waals surface area contributed by atoms with Crippen molar-refractivity contribution in [1.82, 2.24) is 0 Å². The van der Waals surface area contributed by atoms with Crippen LogP contribution >= 0.6 is 0 Å². The Kier molecular flexibility index (Phi) is 4.40. The molecule has 1 aliphatic heterocycles. The van der Waals surface area contributed by atoms with Crippen LogP contribution in [0.1, 0.15) is 58.3 Å². The molecule has 3 heteroatoms. The Balaban J connectivity index is 1.78. The molecule has 0 bridgehead atoms. The van der Waals surface area contributed by atoms with E-state index < -0.39 is 0 Å². The maximum Gasteiger partial charge on any atom is 0.0942 e. The van der Waals surface area contributed by atoms with Gasteiger partial charge in [-0.05, 0) is 51.4 Å². The van der Waals surface area contributed by atoms with Gasteiger partial charge >= 0.3 is 0 Å². The average molecular weight is 281 g/mol. The molecule has 0 aromatic carbocycles. The van der Waals surface area contributed by atoms with Gasteiger partial charge in [0.25, 0.3) is 0 Å². The lowest BCUT2D eigenvalue weighted by Crippen LogP contribution is -2.66. The van der Waals surface area contributed by atoms with Crippen molar-refractivity contribution in [3.8, 4) is 0 Å². The highest BCUT2D eigenvalue weighted by Gasteiger charge is 2.48. The number of aliphatic hydroxyl groups excluding tert-OH is 1. The van der Waals surface area contributed by atoms with Gasteiger partial charge in [0.2, 0.25) is 0 Å². The Morgan fingerprint density at radius 2 is 1.85 bits per heavy atom. The smallest absolute Gasteiger partial charge is 0.0942 e. The Morgan fingerprint density at radius 3 is 2.45 bits per heavy atom. The molecule has 4 atom stereocenters. The lowest BCUT2D eigenvalue weighted by molar-refractivity contribution is -0.960. The van der Waals surface area contributed by atoms with E-state index in [4.69, 9.17) is 5.73 Å². The van der Waals surface area contributed by atoms with Gasteiger partial charge in [-0.25, -0.2) is 0 Å². The predicted octanol–water partition coefficient (Wildman–Crippen LogP) is 2.27. The minimum absolute atomic E-state index is 0.139. The summed E-state index contributed by atoms with van der Waals surface area (Å²) >= 11 is 0. The van der Waals surface area contributed by atoms with E-state index in [-0.39, 0.29) is 6.10 Å². The lowest BCUT2D eigenvalue weighted by atomic mass is 9.85. The van der Waals surface area contributed by atoms with Crippen LogP contribution in [0.5, 0.6) is 0 Å². The van der Waals surface area contributed by atoms with Gasteiger partial charge in [0.1, 0.15) is 0 Å². The van der Waals surface area contributed by atoms with Crippen LogP contribution in [-0.4, -0.2) is 47.4 Å². The van der Waals surface area contributed by atoms with Crippen molar-refractivity contribution < 1.29 is 9.59 Å². The van der Waals surface area contributed by atoms with Gasteiger partial charge in [0.15, 0.2) is 0 Å². The third-order valence-corrected chi connectivity index (χ3v) is 6.18. The topological polar surface area (TPSA) is 46.2 Å². The molecule has 116 valence electrons. The van der Waals surface area contributed by atoms with Crippen LogP contribution in [0.2, 0.25) is 0 Å². The normalized spacial score (nSPS) is 41.0. The highest BCUT2D eigenvalue weighted by molar-refractivity contribution is 4.85. The highest BCUT2D eigenvalue weighted by Crippen LogP contribution is 2.41. The first-order valence-electron chi connectivity index (χ1n) is 8.92. The largest absolute Gasteiger partial charge is 0.393 e. The molecule has 4 unspecified atom stereocenters. The second-order valence-corrected chi connectivity index (χ2v) is 7.88. The standard InChI is InChI=1S/C17H33N2O/c1-2-17(20)14-9-15(18)12-19(11-14,10-13-7-8-13)16-5-3-4-6-16/h13-17,20H,2-12,18H2,1H3/q+1. The molecule has 2 saturated carbocycles. The van der Waals surface area contributed by atoms with Gasteiger partial charge in [0.05, 0.1) is 37.8 Å². The van der Waals surface area contributed by atoms with Crippen molar-refractivity contribution in [3.05, 3.63) is 0 Å². The van der Waals surface area contributed by atoms with Crippen molar-refractivity contribution in [2.24, 2.45) is 17.6 Å². The molecule has 3 aliphatic rings. The lowest BCUT2D eigenvalue weighted by Gasteiger charge is -2.51. The summed E-state index contributed by atoms with van der Waals surface area (Å²) in [6, 6.07) is 1.14. The number of hydrogen-bond donors (Lipinski definition) is 2. The van der Waals surface area contributed by atoms with E-state index in [1.807, 2.05) is 0 Å². The van der Waals surface area contributed by atoms with E-state index in [9.17, 15) is 5.11 Å². The minimum Gasteiger partial charge on any atom is -0.393 e. The number of piperidine rings is 1. The summed E-state index contributed by atoms with van der Waals surface area (Å²) in [5.41, 5.74) is 6.43. The predicted molar refractivity (Wildman–Crippen MR) is 82.2 cm³/mol. The maximum absolute atomic E-state index is 10.4. The molecule has 0 spiro atoms. The fourth-order valence-corrected chi connectivity index (χ4v) is 5.02. The van der Waals surface area contributed by atoms with E-state index in [2.05, 4.69) is 6.92 Å². The molecule has 3 fully saturated rings. The molecule has 3 nitrogen and oxygen atoms in total. The fraction of sp³-hybridized carbons (Fsp3) is 1.00. The van der Waals surface area contributed by atoms with Crippen LogP contribution in [0.4, 0.5) is 0 Å². The number of quaternary nitrogens is 1. The van der Waals surface area contributed by atoms with Gasteiger partial charge in [-0.1, -0.05) is 6.92 Å². The van der Waals surface area contributed by atoms with Gasteiger partial charge in [-0.15, -0.1) is 0 Å². The van der Waals surface area contributed by atoms with Gasteiger partial charge in [-0.2, -0.15) is 0 Å². The van der Waals surface area contributed by atoms with E-state index in [1.54, 1.807) is 0 Å². The van der Waals surface area contributed by atoms with Crippen molar-refractivity contribution in [3.63, 3.8) is 0 Å². The zero-order valence-corrected chi connectivity index (χ0v) is 13.1. The van der Waals surface area contributed by atoms with Crippen molar-refractivity contribution in [2.75, 3.05) is 19.6 Å². The Bertz CT molecular complexity index is 321. The first kappa shape index (κ1) is 14.8. The second kappa shape index (κ2) is 5.94. The summed E-state index contributed by atoms with van der Waals surface area (Å²) in [7, 11) is 0. The first-order valence-corrected chi connectivity index (χ1v) is 8.92. The van der Waals surface area contributed by atoms with Crippen LogP contribution in [-0.2, 0) is 0 Å². The van der Waals surface area contributed by atoms with Crippen molar-refractivity contribution >= 4 is 0 Å². The number of nitrogens with two attached hydrogens (primary N) is 1. The van der Waals surface area contributed by atoms with E-state index in [0.29, 0.717) is 12.0 Å².